The number of rotatable bonds is 10. The normalized spacial score (nSPS) is 11.9. The third-order valence-electron chi connectivity index (χ3n) is 2.62. The average molecular weight is 288 g/mol. The fraction of sp³-hybridized carbons (Fsp3) is 0.750. The Kier molecular flexibility index (Phi) is 7.04. The van der Waals surface area contributed by atoms with Gasteiger partial charge in [0.15, 0.2) is 0 Å². The first-order valence-electron chi connectivity index (χ1n) is 6.70. The monoisotopic (exact) mass is 288 g/mol. The summed E-state index contributed by atoms with van der Waals surface area (Å²) >= 11 is 0. The number of nitrogens with zero attached hydrogens (tertiary/aromatic N) is 2. The number of nitrogens with one attached hydrogen (secondary N) is 2. The predicted molar refractivity (Wildman–Crippen MR) is 76.5 cm³/mol. The Morgan fingerprint density at radius 2 is 2.11 bits per heavy atom. The third-order valence-corrected chi connectivity index (χ3v) is 4.09. The quantitative estimate of drug-likeness (QED) is 0.615. The van der Waals surface area contributed by atoms with E-state index in [2.05, 4.69) is 22.1 Å². The van der Waals surface area contributed by atoms with Crippen LogP contribution >= 0.6 is 0 Å². The molecule has 7 heteroatoms. The van der Waals surface area contributed by atoms with Gasteiger partial charge in [-0.25, -0.2) is 13.1 Å². The topological polar surface area (TPSA) is 76.0 Å². The lowest BCUT2D eigenvalue weighted by atomic mass is 10.4. The minimum Gasteiger partial charge on any atom is -0.317 e. The van der Waals surface area contributed by atoms with E-state index in [1.54, 1.807) is 10.9 Å². The van der Waals surface area contributed by atoms with Gasteiger partial charge < -0.3 is 5.32 Å². The Balaban J connectivity index is 2.16. The molecule has 6 nitrogen and oxygen atoms in total. The van der Waals surface area contributed by atoms with Gasteiger partial charge in [-0.2, -0.15) is 5.10 Å². The molecule has 0 bridgehead atoms. The minimum atomic E-state index is -3.16. The highest BCUT2D eigenvalue weighted by atomic mass is 32.2. The van der Waals surface area contributed by atoms with Gasteiger partial charge in [0.1, 0.15) is 0 Å². The summed E-state index contributed by atoms with van der Waals surface area (Å²) in [6.07, 6.45) is 5.35. The van der Waals surface area contributed by atoms with Crippen LogP contribution in [0.15, 0.2) is 12.4 Å². The summed E-state index contributed by atoms with van der Waals surface area (Å²) in [5, 5.41) is 7.29. The third kappa shape index (κ3) is 7.29. The molecule has 1 aromatic heterocycles. The first-order chi connectivity index (χ1) is 9.03. The van der Waals surface area contributed by atoms with E-state index in [0.717, 1.165) is 25.1 Å². The zero-order chi connectivity index (χ0) is 14.1. The summed E-state index contributed by atoms with van der Waals surface area (Å²) in [5.74, 6) is 0.169. The van der Waals surface area contributed by atoms with Gasteiger partial charge in [0, 0.05) is 12.7 Å². The van der Waals surface area contributed by atoms with E-state index in [4.69, 9.17) is 0 Å². The Bertz CT molecular complexity index is 456. The highest BCUT2D eigenvalue weighted by Crippen LogP contribution is 1.94. The maximum atomic E-state index is 11.7. The number of hydrogen-bond acceptors (Lipinski definition) is 4. The molecule has 0 amide bonds. The Labute approximate surface area is 115 Å². The molecule has 2 N–H and O–H groups in total. The van der Waals surface area contributed by atoms with Crippen molar-refractivity contribution in [3.8, 4) is 0 Å². The van der Waals surface area contributed by atoms with Crippen LogP contribution in [0.5, 0.6) is 0 Å². The lowest BCUT2D eigenvalue weighted by Gasteiger charge is -2.07. The summed E-state index contributed by atoms with van der Waals surface area (Å²) < 4.78 is 27.7. The summed E-state index contributed by atoms with van der Waals surface area (Å²) in [6.45, 7) is 6.66. The van der Waals surface area contributed by atoms with Crippen molar-refractivity contribution >= 4 is 10.0 Å². The molecule has 0 saturated heterocycles. The first kappa shape index (κ1) is 16.1. The molecule has 0 atom stereocenters. The first-order valence-corrected chi connectivity index (χ1v) is 8.36. The lowest BCUT2D eigenvalue weighted by molar-refractivity contribution is 0.556. The number of sulfonamides is 1. The van der Waals surface area contributed by atoms with Crippen LogP contribution in [0.2, 0.25) is 0 Å². The van der Waals surface area contributed by atoms with Crippen LogP contribution in [0, 0.1) is 6.92 Å². The van der Waals surface area contributed by atoms with Crippen LogP contribution in [-0.2, 0) is 16.6 Å². The smallest absolute Gasteiger partial charge is 0.211 e. The standard InChI is InChI=1S/C12H24N4O2S/c1-3-5-13-6-4-9-19(17,18)15-7-8-16-11-12(2)10-14-16/h10-11,13,15H,3-9H2,1-2H3. The Morgan fingerprint density at radius 1 is 1.32 bits per heavy atom. The van der Waals surface area contributed by atoms with Crippen LogP contribution < -0.4 is 10.0 Å². The van der Waals surface area contributed by atoms with Gasteiger partial charge in [-0.3, -0.25) is 4.68 Å². The van der Waals surface area contributed by atoms with Crippen LogP contribution in [0.3, 0.4) is 0 Å². The molecule has 0 fully saturated rings. The second kappa shape index (κ2) is 8.29. The van der Waals surface area contributed by atoms with Crippen molar-refractivity contribution in [2.24, 2.45) is 0 Å². The summed E-state index contributed by atoms with van der Waals surface area (Å²) in [6, 6.07) is 0. The summed E-state index contributed by atoms with van der Waals surface area (Å²) in [5.41, 5.74) is 1.07. The van der Waals surface area contributed by atoms with Crippen molar-refractivity contribution in [3.63, 3.8) is 0 Å². The van der Waals surface area contributed by atoms with E-state index >= 15 is 0 Å². The van der Waals surface area contributed by atoms with Crippen LogP contribution in [0.25, 0.3) is 0 Å². The number of hydrogen-bond donors (Lipinski definition) is 2. The van der Waals surface area contributed by atoms with Crippen molar-refractivity contribution < 1.29 is 8.42 Å². The molecule has 0 spiro atoms. The van der Waals surface area contributed by atoms with Crippen LogP contribution in [0.4, 0.5) is 0 Å². The van der Waals surface area contributed by atoms with Gasteiger partial charge in [0.25, 0.3) is 0 Å². The zero-order valence-electron chi connectivity index (χ0n) is 11.7. The molecule has 0 aliphatic carbocycles. The molecule has 110 valence electrons. The van der Waals surface area contributed by atoms with Crippen molar-refractivity contribution in [2.75, 3.05) is 25.4 Å². The highest BCUT2D eigenvalue weighted by molar-refractivity contribution is 7.89. The maximum absolute atomic E-state index is 11.7. The summed E-state index contributed by atoms with van der Waals surface area (Å²) in [4.78, 5) is 0. The molecular weight excluding hydrogens is 264 g/mol. The van der Waals surface area contributed by atoms with Gasteiger partial charge >= 0.3 is 0 Å². The van der Waals surface area contributed by atoms with Crippen molar-refractivity contribution in [1.82, 2.24) is 19.8 Å². The molecule has 0 unspecified atom stereocenters. The van der Waals surface area contributed by atoms with Gasteiger partial charge in [0.05, 0.1) is 18.5 Å². The molecule has 1 rings (SSSR count). The van der Waals surface area contributed by atoms with Crippen molar-refractivity contribution in [1.29, 1.82) is 0 Å². The fourth-order valence-electron chi connectivity index (χ4n) is 1.67. The van der Waals surface area contributed by atoms with Gasteiger partial charge in [-0.05, 0) is 38.4 Å². The van der Waals surface area contributed by atoms with E-state index in [9.17, 15) is 8.42 Å². The molecule has 0 aliphatic heterocycles. The van der Waals surface area contributed by atoms with E-state index in [1.807, 2.05) is 13.1 Å². The predicted octanol–water partition coefficient (Wildman–Crippen LogP) is 0.501. The molecule has 1 heterocycles. The van der Waals surface area contributed by atoms with Gasteiger partial charge in [-0.15, -0.1) is 0 Å². The Hall–Kier alpha value is -0.920. The molecule has 0 aromatic carbocycles. The van der Waals surface area contributed by atoms with Crippen LogP contribution in [0.1, 0.15) is 25.3 Å². The molecule has 0 aliphatic rings. The van der Waals surface area contributed by atoms with E-state index in [1.165, 1.54) is 0 Å². The molecular formula is C12H24N4O2S. The van der Waals surface area contributed by atoms with E-state index in [-0.39, 0.29) is 5.75 Å². The molecule has 19 heavy (non-hydrogen) atoms. The van der Waals surface area contributed by atoms with Crippen molar-refractivity contribution in [3.05, 3.63) is 18.0 Å². The fourth-order valence-corrected chi connectivity index (χ4v) is 2.74. The number of aromatic nitrogens is 2. The average Bonchev–Trinajstić information content (AvgIpc) is 2.74. The van der Waals surface area contributed by atoms with Gasteiger partial charge in [-0.1, -0.05) is 6.92 Å². The highest BCUT2D eigenvalue weighted by Gasteiger charge is 2.08. The summed E-state index contributed by atoms with van der Waals surface area (Å²) in [7, 11) is -3.16. The molecule has 0 saturated carbocycles. The van der Waals surface area contributed by atoms with E-state index in [0.29, 0.717) is 19.5 Å². The number of aryl methyl sites for hydroxylation is 1. The second-order valence-corrected chi connectivity index (χ2v) is 6.52. The van der Waals surface area contributed by atoms with Crippen LogP contribution in [-0.4, -0.2) is 43.6 Å². The molecule has 0 radical (unpaired) electrons. The largest absolute Gasteiger partial charge is 0.317 e. The zero-order valence-corrected chi connectivity index (χ0v) is 12.5. The Morgan fingerprint density at radius 3 is 2.74 bits per heavy atom. The maximum Gasteiger partial charge on any atom is 0.211 e. The second-order valence-electron chi connectivity index (χ2n) is 4.60. The molecule has 1 aromatic rings. The van der Waals surface area contributed by atoms with E-state index < -0.39 is 10.0 Å². The minimum absolute atomic E-state index is 0.169. The lowest BCUT2D eigenvalue weighted by Crippen LogP contribution is -2.31. The van der Waals surface area contributed by atoms with Gasteiger partial charge in [0.2, 0.25) is 10.0 Å². The SMILES string of the molecule is CCCNCCCS(=O)(=O)NCCn1cc(C)cn1. The van der Waals surface area contributed by atoms with Crippen molar-refractivity contribution in [2.45, 2.75) is 33.2 Å².